The fourth-order valence-corrected chi connectivity index (χ4v) is 2.88. The average molecular weight is 416 g/mol. The Bertz CT molecular complexity index is 1000. The highest BCUT2D eigenvalue weighted by Gasteiger charge is 2.36. The molecule has 0 saturated carbocycles. The van der Waals surface area contributed by atoms with E-state index in [0.29, 0.717) is 17.1 Å². The smallest absolute Gasteiger partial charge is 0.421 e. The summed E-state index contributed by atoms with van der Waals surface area (Å²) in [6, 6.07) is 14.2. The fourth-order valence-electron chi connectivity index (χ4n) is 2.88. The first-order valence-corrected chi connectivity index (χ1v) is 9.42. The van der Waals surface area contributed by atoms with Crippen LogP contribution in [0, 0.1) is 6.92 Å². The molecule has 0 atom stereocenters. The maximum atomic E-state index is 13.6. The summed E-state index contributed by atoms with van der Waals surface area (Å²) in [5, 5.41) is 2.96. The molecule has 5 nitrogen and oxygen atoms in total. The Morgan fingerprint density at radius 2 is 1.77 bits per heavy atom. The van der Waals surface area contributed by atoms with E-state index in [2.05, 4.69) is 15.3 Å². The number of anilines is 4. The number of halogens is 3. The molecule has 158 valence electrons. The van der Waals surface area contributed by atoms with Crippen molar-refractivity contribution in [3.8, 4) is 5.75 Å². The van der Waals surface area contributed by atoms with Crippen LogP contribution < -0.4 is 15.0 Å². The summed E-state index contributed by atoms with van der Waals surface area (Å²) >= 11 is 0. The van der Waals surface area contributed by atoms with E-state index >= 15 is 0 Å². The van der Waals surface area contributed by atoms with Crippen LogP contribution in [0.2, 0.25) is 0 Å². The number of hydrogen-bond donors (Lipinski definition) is 1. The molecule has 3 aromatic rings. The molecule has 0 aliphatic rings. The van der Waals surface area contributed by atoms with E-state index in [4.69, 9.17) is 4.74 Å². The van der Waals surface area contributed by atoms with E-state index in [0.717, 1.165) is 11.8 Å². The molecule has 1 heterocycles. The van der Waals surface area contributed by atoms with Crippen molar-refractivity contribution in [2.24, 2.45) is 0 Å². The van der Waals surface area contributed by atoms with Crippen LogP contribution >= 0.6 is 0 Å². The minimum Gasteiger partial charge on any atom is -0.491 e. The van der Waals surface area contributed by atoms with Gasteiger partial charge in [-0.2, -0.15) is 18.2 Å². The quantitative estimate of drug-likeness (QED) is 0.526. The van der Waals surface area contributed by atoms with Gasteiger partial charge in [-0.25, -0.2) is 4.98 Å². The van der Waals surface area contributed by atoms with Crippen LogP contribution in [0.1, 0.15) is 25.0 Å². The minimum absolute atomic E-state index is 0.00234. The molecule has 0 radical (unpaired) electrons. The molecule has 30 heavy (non-hydrogen) atoms. The Labute approximate surface area is 173 Å². The van der Waals surface area contributed by atoms with Crippen molar-refractivity contribution in [2.75, 3.05) is 17.3 Å². The van der Waals surface area contributed by atoms with Gasteiger partial charge in [0.2, 0.25) is 5.95 Å². The number of rotatable bonds is 6. The number of hydrogen-bond acceptors (Lipinski definition) is 5. The Morgan fingerprint density at radius 1 is 1.07 bits per heavy atom. The number of nitrogens with zero attached hydrogens (tertiary/aromatic N) is 3. The molecule has 0 saturated heterocycles. The van der Waals surface area contributed by atoms with Crippen LogP contribution in [0.3, 0.4) is 0 Å². The number of aryl methyl sites for hydroxylation is 1. The topological polar surface area (TPSA) is 50.3 Å². The Kier molecular flexibility index (Phi) is 6.14. The molecule has 1 aromatic heterocycles. The Hall–Kier alpha value is -3.29. The van der Waals surface area contributed by atoms with Gasteiger partial charge >= 0.3 is 6.18 Å². The third-order valence-corrected chi connectivity index (χ3v) is 4.26. The number of nitrogens with one attached hydrogen (secondary N) is 1. The van der Waals surface area contributed by atoms with Gasteiger partial charge in [-0.1, -0.05) is 12.1 Å². The van der Waals surface area contributed by atoms with E-state index in [1.54, 1.807) is 30.3 Å². The van der Waals surface area contributed by atoms with Gasteiger partial charge in [-0.05, 0) is 62.7 Å². The third-order valence-electron chi connectivity index (χ3n) is 4.26. The van der Waals surface area contributed by atoms with Gasteiger partial charge < -0.3 is 15.0 Å². The second-order valence-corrected chi connectivity index (χ2v) is 7.14. The van der Waals surface area contributed by atoms with Crippen molar-refractivity contribution in [3.05, 3.63) is 65.9 Å². The summed E-state index contributed by atoms with van der Waals surface area (Å²) in [4.78, 5) is 9.41. The SMILES string of the molecule is Cc1cccc(Nc2ncc(C(F)(F)F)c(N(C)c3ccc(OC(C)C)cc3)n2)c1. The molecule has 1 N–H and O–H groups in total. The van der Waals surface area contributed by atoms with E-state index in [1.807, 2.05) is 39.0 Å². The first-order valence-electron chi connectivity index (χ1n) is 9.42. The molecule has 0 fully saturated rings. The average Bonchev–Trinajstić information content (AvgIpc) is 2.67. The standard InChI is InChI=1S/C22H23F3N4O/c1-14(2)30-18-10-8-17(9-11-18)29(4)20-19(22(23,24)25)13-26-21(28-20)27-16-7-5-6-15(3)12-16/h5-14H,1-4H3,(H,26,27,28). The van der Waals surface area contributed by atoms with Crippen molar-refractivity contribution in [1.82, 2.24) is 9.97 Å². The molecule has 0 aliphatic heterocycles. The van der Waals surface area contributed by atoms with Gasteiger partial charge in [0.05, 0.1) is 6.10 Å². The highest BCUT2D eigenvalue weighted by molar-refractivity contribution is 5.65. The van der Waals surface area contributed by atoms with Crippen molar-refractivity contribution < 1.29 is 17.9 Å². The van der Waals surface area contributed by atoms with E-state index in [1.165, 1.54) is 11.9 Å². The summed E-state index contributed by atoms with van der Waals surface area (Å²) in [6.45, 7) is 5.73. The molecular weight excluding hydrogens is 393 g/mol. The summed E-state index contributed by atoms with van der Waals surface area (Å²) in [6.07, 6.45) is -3.79. The Morgan fingerprint density at radius 3 is 2.37 bits per heavy atom. The van der Waals surface area contributed by atoms with Gasteiger partial charge in [-0.3, -0.25) is 0 Å². The van der Waals surface area contributed by atoms with Crippen molar-refractivity contribution in [1.29, 1.82) is 0 Å². The third kappa shape index (κ3) is 5.20. The highest BCUT2D eigenvalue weighted by Crippen LogP contribution is 2.38. The largest absolute Gasteiger partial charge is 0.491 e. The maximum absolute atomic E-state index is 13.6. The fraction of sp³-hybridized carbons (Fsp3) is 0.273. The van der Waals surface area contributed by atoms with E-state index in [9.17, 15) is 13.2 Å². The normalized spacial score (nSPS) is 11.5. The molecule has 3 rings (SSSR count). The highest BCUT2D eigenvalue weighted by atomic mass is 19.4. The first-order chi connectivity index (χ1) is 14.1. The van der Waals surface area contributed by atoms with Crippen LogP contribution in [0.5, 0.6) is 5.75 Å². The van der Waals surface area contributed by atoms with Crippen LogP contribution in [-0.2, 0) is 6.18 Å². The van der Waals surface area contributed by atoms with E-state index in [-0.39, 0.29) is 17.9 Å². The van der Waals surface area contributed by atoms with Gasteiger partial charge in [0.15, 0.2) is 5.82 Å². The van der Waals surface area contributed by atoms with Crippen LogP contribution in [0.4, 0.5) is 36.3 Å². The number of benzene rings is 2. The monoisotopic (exact) mass is 416 g/mol. The summed E-state index contributed by atoms with van der Waals surface area (Å²) in [5.74, 6) is 0.475. The minimum atomic E-state index is -4.59. The first kappa shape index (κ1) is 21.4. The maximum Gasteiger partial charge on any atom is 0.421 e. The lowest BCUT2D eigenvalue weighted by molar-refractivity contribution is -0.137. The number of aromatic nitrogens is 2. The van der Waals surface area contributed by atoms with Gasteiger partial charge in [0, 0.05) is 24.6 Å². The second-order valence-electron chi connectivity index (χ2n) is 7.14. The van der Waals surface area contributed by atoms with Crippen molar-refractivity contribution in [3.63, 3.8) is 0 Å². The molecule has 0 aliphatic carbocycles. The van der Waals surface area contributed by atoms with Crippen LogP contribution in [0.25, 0.3) is 0 Å². The summed E-state index contributed by atoms with van der Waals surface area (Å²) < 4.78 is 46.4. The van der Waals surface area contributed by atoms with Gasteiger partial charge in [0.1, 0.15) is 11.3 Å². The van der Waals surface area contributed by atoms with Crippen molar-refractivity contribution >= 4 is 23.1 Å². The van der Waals surface area contributed by atoms with E-state index < -0.39 is 11.7 Å². The number of ether oxygens (including phenoxy) is 1. The molecule has 0 amide bonds. The second kappa shape index (κ2) is 8.61. The molecular formula is C22H23F3N4O. The zero-order valence-electron chi connectivity index (χ0n) is 17.2. The number of alkyl halides is 3. The van der Waals surface area contributed by atoms with Gasteiger partial charge in [-0.15, -0.1) is 0 Å². The zero-order chi connectivity index (χ0) is 21.9. The predicted octanol–water partition coefficient (Wildman–Crippen LogP) is 6.10. The molecule has 0 bridgehead atoms. The molecule has 2 aromatic carbocycles. The Balaban J connectivity index is 1.95. The lowest BCUT2D eigenvalue weighted by Gasteiger charge is -2.23. The van der Waals surface area contributed by atoms with Crippen LogP contribution in [0.15, 0.2) is 54.7 Å². The van der Waals surface area contributed by atoms with Crippen molar-refractivity contribution in [2.45, 2.75) is 33.1 Å². The molecule has 0 spiro atoms. The molecule has 8 heteroatoms. The van der Waals surface area contributed by atoms with Crippen LogP contribution in [-0.4, -0.2) is 23.1 Å². The molecule has 0 unspecified atom stereocenters. The predicted molar refractivity (Wildman–Crippen MR) is 112 cm³/mol. The summed E-state index contributed by atoms with van der Waals surface area (Å²) in [5.41, 5.74) is 1.32. The lowest BCUT2D eigenvalue weighted by atomic mass is 10.2. The summed E-state index contributed by atoms with van der Waals surface area (Å²) in [7, 11) is 1.53. The zero-order valence-corrected chi connectivity index (χ0v) is 17.2. The van der Waals surface area contributed by atoms with Gasteiger partial charge in [0.25, 0.3) is 0 Å². The lowest BCUT2D eigenvalue weighted by Crippen LogP contribution is -2.19.